The number of carbonyl (C=O) groups excluding carboxylic acids is 1. The molecule has 4 rings (SSSR count). The van der Waals surface area contributed by atoms with E-state index in [1.54, 1.807) is 18.2 Å². The SMILES string of the molecule is O=C(N/N=C\c1ccc(Cl)cc1Cl)c1ccc(CN2CCC(Cc3ccccc3)CC2)cc1. The molecular formula is C27H27Cl2N3O. The second kappa shape index (κ2) is 11.5. The Kier molecular flexibility index (Phi) is 8.16. The zero-order valence-corrected chi connectivity index (χ0v) is 19.9. The minimum absolute atomic E-state index is 0.260. The summed E-state index contributed by atoms with van der Waals surface area (Å²) < 4.78 is 0. The summed E-state index contributed by atoms with van der Waals surface area (Å²) in [7, 11) is 0. The average molecular weight is 480 g/mol. The van der Waals surface area contributed by atoms with Crippen LogP contribution in [0, 0.1) is 5.92 Å². The number of amides is 1. The van der Waals surface area contributed by atoms with Crippen LogP contribution in [-0.4, -0.2) is 30.1 Å². The topological polar surface area (TPSA) is 44.7 Å². The second-order valence-corrected chi connectivity index (χ2v) is 9.31. The van der Waals surface area contributed by atoms with Crippen molar-refractivity contribution < 1.29 is 4.79 Å². The molecule has 0 radical (unpaired) electrons. The molecule has 1 heterocycles. The van der Waals surface area contributed by atoms with Crippen molar-refractivity contribution in [3.63, 3.8) is 0 Å². The third kappa shape index (κ3) is 6.91. The molecule has 3 aromatic rings. The lowest BCUT2D eigenvalue weighted by Gasteiger charge is -2.32. The fourth-order valence-corrected chi connectivity index (χ4v) is 4.60. The van der Waals surface area contributed by atoms with Crippen LogP contribution in [-0.2, 0) is 13.0 Å². The summed E-state index contributed by atoms with van der Waals surface area (Å²) in [6.45, 7) is 3.14. The van der Waals surface area contributed by atoms with Gasteiger partial charge < -0.3 is 0 Å². The van der Waals surface area contributed by atoms with Crippen molar-refractivity contribution in [2.75, 3.05) is 13.1 Å². The molecule has 0 bridgehead atoms. The first-order valence-electron chi connectivity index (χ1n) is 11.2. The van der Waals surface area contributed by atoms with E-state index in [-0.39, 0.29) is 5.91 Å². The summed E-state index contributed by atoms with van der Waals surface area (Å²) in [5.74, 6) is 0.502. The van der Waals surface area contributed by atoms with E-state index in [1.165, 1.54) is 36.6 Å². The standard InChI is InChI=1S/C27H27Cl2N3O/c28-25-11-10-24(26(29)17-25)18-30-31-27(33)23-8-6-22(7-9-23)19-32-14-12-21(13-15-32)16-20-4-2-1-3-5-20/h1-11,17-18,21H,12-16,19H2,(H,31,33)/b30-18-. The Labute approximate surface area is 205 Å². The van der Waals surface area contributed by atoms with E-state index in [1.807, 2.05) is 24.3 Å². The Bertz CT molecular complexity index is 1090. The number of benzene rings is 3. The number of hydrogen-bond acceptors (Lipinski definition) is 3. The maximum absolute atomic E-state index is 12.4. The molecule has 0 aromatic heterocycles. The molecular weight excluding hydrogens is 453 g/mol. The highest BCUT2D eigenvalue weighted by Crippen LogP contribution is 2.23. The van der Waals surface area contributed by atoms with Gasteiger partial charge in [-0.1, -0.05) is 71.7 Å². The van der Waals surface area contributed by atoms with Gasteiger partial charge in [0.25, 0.3) is 5.91 Å². The maximum Gasteiger partial charge on any atom is 0.271 e. The van der Waals surface area contributed by atoms with Crippen LogP contribution in [0.5, 0.6) is 0 Å². The lowest BCUT2D eigenvalue weighted by atomic mass is 9.90. The number of hydrazone groups is 1. The van der Waals surface area contributed by atoms with E-state index in [4.69, 9.17) is 23.2 Å². The van der Waals surface area contributed by atoms with Gasteiger partial charge in [-0.15, -0.1) is 0 Å². The van der Waals surface area contributed by atoms with Crippen molar-refractivity contribution in [2.45, 2.75) is 25.8 Å². The summed E-state index contributed by atoms with van der Waals surface area (Å²) in [6.07, 6.45) is 5.13. The molecule has 1 saturated heterocycles. The summed E-state index contributed by atoms with van der Waals surface area (Å²) in [4.78, 5) is 14.9. The fraction of sp³-hybridized carbons (Fsp3) is 0.259. The number of halogens is 2. The Hall–Kier alpha value is -2.66. The molecule has 4 nitrogen and oxygen atoms in total. The Morgan fingerprint density at radius 3 is 2.39 bits per heavy atom. The lowest BCUT2D eigenvalue weighted by Crippen LogP contribution is -2.33. The largest absolute Gasteiger partial charge is 0.299 e. The highest BCUT2D eigenvalue weighted by Gasteiger charge is 2.19. The molecule has 0 atom stereocenters. The molecule has 6 heteroatoms. The van der Waals surface area contributed by atoms with E-state index >= 15 is 0 Å². The number of piperidine rings is 1. The van der Waals surface area contributed by atoms with Crippen LogP contribution in [0.4, 0.5) is 0 Å². The van der Waals surface area contributed by atoms with Gasteiger partial charge in [0.1, 0.15) is 0 Å². The van der Waals surface area contributed by atoms with Gasteiger partial charge in [0.05, 0.1) is 11.2 Å². The van der Waals surface area contributed by atoms with Gasteiger partial charge in [-0.3, -0.25) is 9.69 Å². The van der Waals surface area contributed by atoms with Gasteiger partial charge in [-0.05, 0) is 73.7 Å². The number of nitrogens with zero attached hydrogens (tertiary/aromatic N) is 2. The summed E-state index contributed by atoms with van der Waals surface area (Å²) in [5, 5.41) is 5.04. The van der Waals surface area contributed by atoms with Crippen molar-refractivity contribution in [1.29, 1.82) is 0 Å². The molecule has 33 heavy (non-hydrogen) atoms. The van der Waals surface area contributed by atoms with Crippen molar-refractivity contribution in [2.24, 2.45) is 11.0 Å². The van der Waals surface area contributed by atoms with Crippen LogP contribution in [0.1, 0.15) is 39.9 Å². The van der Waals surface area contributed by atoms with E-state index in [9.17, 15) is 4.79 Å². The monoisotopic (exact) mass is 479 g/mol. The van der Waals surface area contributed by atoms with Crippen molar-refractivity contribution in [3.8, 4) is 0 Å². The first-order chi connectivity index (χ1) is 16.1. The second-order valence-electron chi connectivity index (χ2n) is 8.47. The number of hydrogen-bond donors (Lipinski definition) is 1. The van der Waals surface area contributed by atoms with Gasteiger partial charge in [0.15, 0.2) is 0 Å². The van der Waals surface area contributed by atoms with Gasteiger partial charge in [-0.2, -0.15) is 5.10 Å². The predicted octanol–water partition coefficient (Wildman–Crippen LogP) is 6.21. The highest BCUT2D eigenvalue weighted by atomic mass is 35.5. The van der Waals surface area contributed by atoms with Crippen LogP contribution in [0.25, 0.3) is 0 Å². The molecule has 1 N–H and O–H groups in total. The Morgan fingerprint density at radius 2 is 1.70 bits per heavy atom. The first kappa shape index (κ1) is 23.5. The molecule has 170 valence electrons. The number of nitrogens with one attached hydrogen (secondary N) is 1. The molecule has 1 aliphatic heterocycles. The van der Waals surface area contributed by atoms with Crippen LogP contribution < -0.4 is 5.43 Å². The Balaban J connectivity index is 1.23. The molecule has 0 spiro atoms. The lowest BCUT2D eigenvalue weighted by molar-refractivity contribution is 0.0955. The van der Waals surface area contributed by atoms with Gasteiger partial charge in [0.2, 0.25) is 0 Å². The normalized spacial score (nSPS) is 15.1. The van der Waals surface area contributed by atoms with Crippen molar-refractivity contribution in [1.82, 2.24) is 10.3 Å². The third-order valence-corrected chi connectivity index (χ3v) is 6.59. The summed E-state index contributed by atoms with van der Waals surface area (Å²) >= 11 is 12.0. The quantitative estimate of drug-likeness (QED) is 0.323. The van der Waals surface area contributed by atoms with Crippen LogP contribution in [0.15, 0.2) is 77.9 Å². The molecule has 1 fully saturated rings. The first-order valence-corrected chi connectivity index (χ1v) is 12.0. The van der Waals surface area contributed by atoms with Gasteiger partial charge in [-0.25, -0.2) is 5.43 Å². The summed E-state index contributed by atoms with van der Waals surface area (Å²) in [6, 6.07) is 23.6. The maximum atomic E-state index is 12.4. The van der Waals surface area contributed by atoms with Crippen LogP contribution >= 0.6 is 23.2 Å². The molecule has 3 aromatic carbocycles. The van der Waals surface area contributed by atoms with E-state index in [0.29, 0.717) is 21.2 Å². The van der Waals surface area contributed by atoms with E-state index < -0.39 is 0 Å². The van der Waals surface area contributed by atoms with Gasteiger partial charge in [0, 0.05) is 22.7 Å². The minimum atomic E-state index is -0.260. The molecule has 1 amide bonds. The number of carbonyl (C=O) groups is 1. The molecule has 0 saturated carbocycles. The van der Waals surface area contributed by atoms with Crippen molar-refractivity contribution in [3.05, 3.63) is 105 Å². The Morgan fingerprint density at radius 1 is 0.970 bits per heavy atom. The fourth-order valence-electron chi connectivity index (χ4n) is 4.15. The number of likely N-dealkylation sites (tertiary alicyclic amines) is 1. The van der Waals surface area contributed by atoms with E-state index in [0.717, 1.165) is 25.6 Å². The average Bonchev–Trinajstić information content (AvgIpc) is 2.83. The predicted molar refractivity (Wildman–Crippen MR) is 136 cm³/mol. The van der Waals surface area contributed by atoms with Crippen LogP contribution in [0.2, 0.25) is 10.0 Å². The smallest absolute Gasteiger partial charge is 0.271 e. The molecule has 0 unspecified atom stereocenters. The number of rotatable bonds is 7. The van der Waals surface area contributed by atoms with Crippen molar-refractivity contribution >= 4 is 35.3 Å². The molecule has 1 aliphatic rings. The third-order valence-electron chi connectivity index (χ3n) is 6.03. The zero-order valence-electron chi connectivity index (χ0n) is 18.4. The van der Waals surface area contributed by atoms with Gasteiger partial charge >= 0.3 is 0 Å². The van der Waals surface area contributed by atoms with Crippen LogP contribution in [0.3, 0.4) is 0 Å². The minimum Gasteiger partial charge on any atom is -0.299 e. The zero-order chi connectivity index (χ0) is 23.0. The molecule has 0 aliphatic carbocycles. The van der Waals surface area contributed by atoms with E-state index in [2.05, 4.69) is 45.8 Å². The summed E-state index contributed by atoms with van der Waals surface area (Å²) in [5.41, 5.74) is 6.45. The highest BCUT2D eigenvalue weighted by molar-refractivity contribution is 6.36.